The highest BCUT2D eigenvalue weighted by atomic mass is 32.1. The quantitative estimate of drug-likeness (QED) is 0.570. The number of aliphatic imine (C=N–C) groups is 1. The zero-order chi connectivity index (χ0) is 19.3. The highest BCUT2D eigenvalue weighted by molar-refractivity contribution is 7.13. The van der Waals surface area contributed by atoms with Crippen LogP contribution in [0.15, 0.2) is 10.4 Å². The van der Waals surface area contributed by atoms with Crippen LogP contribution >= 0.6 is 11.3 Å². The number of hydrogen-bond acceptors (Lipinski definition) is 6. The second-order valence-electron chi connectivity index (χ2n) is 7.41. The van der Waals surface area contributed by atoms with Crippen molar-refractivity contribution in [1.29, 1.82) is 0 Å². The van der Waals surface area contributed by atoms with Crippen LogP contribution in [-0.2, 0) is 13.0 Å². The molecule has 152 valence electrons. The Kier molecular flexibility index (Phi) is 6.09. The molecule has 4 heterocycles. The third kappa shape index (κ3) is 4.45. The van der Waals surface area contributed by atoms with Gasteiger partial charge < -0.3 is 15.5 Å². The molecule has 28 heavy (non-hydrogen) atoms. The summed E-state index contributed by atoms with van der Waals surface area (Å²) in [4.78, 5) is 16.6. The van der Waals surface area contributed by atoms with Gasteiger partial charge in [0.15, 0.2) is 11.1 Å². The van der Waals surface area contributed by atoms with E-state index in [1.807, 2.05) is 11.6 Å². The van der Waals surface area contributed by atoms with Crippen LogP contribution in [0.5, 0.6) is 0 Å². The maximum absolute atomic E-state index is 4.80. The summed E-state index contributed by atoms with van der Waals surface area (Å²) < 4.78 is 2.02. The van der Waals surface area contributed by atoms with Gasteiger partial charge in [0.1, 0.15) is 11.6 Å². The summed E-state index contributed by atoms with van der Waals surface area (Å²) in [5, 5.41) is 14.7. The first kappa shape index (κ1) is 19.2. The van der Waals surface area contributed by atoms with E-state index in [1.165, 1.54) is 18.0 Å². The number of aromatic nitrogens is 4. The summed E-state index contributed by atoms with van der Waals surface area (Å²) in [6.45, 7) is 8.83. The number of rotatable bonds is 6. The van der Waals surface area contributed by atoms with E-state index < -0.39 is 0 Å². The second-order valence-corrected chi connectivity index (χ2v) is 8.24. The van der Waals surface area contributed by atoms with Crippen molar-refractivity contribution in [3.05, 3.63) is 22.7 Å². The molecule has 0 amide bonds. The zero-order valence-corrected chi connectivity index (χ0v) is 17.6. The lowest BCUT2D eigenvalue weighted by Gasteiger charge is -2.25. The summed E-state index contributed by atoms with van der Waals surface area (Å²) in [7, 11) is 0. The lowest BCUT2D eigenvalue weighted by molar-refractivity contribution is 0.397. The van der Waals surface area contributed by atoms with Crippen molar-refractivity contribution in [3.63, 3.8) is 0 Å². The fourth-order valence-corrected chi connectivity index (χ4v) is 4.75. The molecular weight excluding hydrogens is 372 g/mol. The van der Waals surface area contributed by atoms with Crippen LogP contribution in [0.3, 0.4) is 0 Å². The first-order valence-electron chi connectivity index (χ1n) is 10.4. The van der Waals surface area contributed by atoms with Crippen LogP contribution in [-0.4, -0.2) is 51.9 Å². The van der Waals surface area contributed by atoms with Crippen molar-refractivity contribution in [2.75, 3.05) is 31.1 Å². The van der Waals surface area contributed by atoms with E-state index in [0.29, 0.717) is 0 Å². The molecule has 0 aromatic carbocycles. The van der Waals surface area contributed by atoms with E-state index >= 15 is 0 Å². The highest BCUT2D eigenvalue weighted by Crippen LogP contribution is 2.25. The van der Waals surface area contributed by atoms with E-state index in [4.69, 9.17) is 9.98 Å². The van der Waals surface area contributed by atoms with Gasteiger partial charge in [-0.2, -0.15) is 5.10 Å². The minimum absolute atomic E-state index is 0.161. The van der Waals surface area contributed by atoms with E-state index in [9.17, 15) is 0 Å². The Morgan fingerprint density at radius 3 is 2.93 bits per heavy atom. The first-order valence-corrected chi connectivity index (χ1v) is 11.3. The van der Waals surface area contributed by atoms with Crippen LogP contribution < -0.4 is 15.5 Å². The van der Waals surface area contributed by atoms with Gasteiger partial charge in [0.05, 0.1) is 11.7 Å². The normalized spacial score (nSPS) is 19.7. The Balaban J connectivity index is 1.36. The molecule has 0 saturated carbocycles. The van der Waals surface area contributed by atoms with Crippen molar-refractivity contribution < 1.29 is 0 Å². The second kappa shape index (κ2) is 8.89. The zero-order valence-electron chi connectivity index (χ0n) is 16.8. The van der Waals surface area contributed by atoms with E-state index in [2.05, 4.69) is 37.9 Å². The monoisotopic (exact) mass is 402 g/mol. The van der Waals surface area contributed by atoms with Crippen LogP contribution in [0.4, 0.5) is 5.13 Å². The minimum atomic E-state index is 0.161. The van der Waals surface area contributed by atoms with E-state index in [-0.39, 0.29) is 6.04 Å². The number of aryl methyl sites for hydroxylation is 2. The van der Waals surface area contributed by atoms with Gasteiger partial charge in [-0.3, -0.25) is 4.99 Å². The summed E-state index contributed by atoms with van der Waals surface area (Å²) >= 11 is 1.76. The van der Waals surface area contributed by atoms with Crippen LogP contribution in [0.25, 0.3) is 0 Å². The Morgan fingerprint density at radius 2 is 2.11 bits per heavy atom. The molecule has 2 aromatic rings. The van der Waals surface area contributed by atoms with Crippen molar-refractivity contribution in [2.24, 2.45) is 4.99 Å². The topological polar surface area (TPSA) is 83.3 Å². The average Bonchev–Trinajstić information content (AvgIpc) is 3.42. The molecule has 0 aliphatic carbocycles. The Bertz CT molecular complexity index is 805. The number of nitrogens with one attached hydrogen (secondary N) is 2. The van der Waals surface area contributed by atoms with Crippen molar-refractivity contribution >= 4 is 22.4 Å². The van der Waals surface area contributed by atoms with Crippen molar-refractivity contribution in [3.8, 4) is 0 Å². The number of thiazole rings is 1. The number of anilines is 1. The Hall–Kier alpha value is -2.16. The van der Waals surface area contributed by atoms with Gasteiger partial charge in [0.25, 0.3) is 0 Å². The Morgan fingerprint density at radius 1 is 1.25 bits per heavy atom. The molecular formula is C19H30N8S. The summed E-state index contributed by atoms with van der Waals surface area (Å²) in [6, 6.07) is 0.161. The predicted molar refractivity (Wildman–Crippen MR) is 113 cm³/mol. The van der Waals surface area contributed by atoms with Crippen LogP contribution in [0, 0.1) is 6.92 Å². The van der Waals surface area contributed by atoms with E-state index in [1.54, 1.807) is 11.3 Å². The van der Waals surface area contributed by atoms with E-state index in [0.717, 1.165) is 75.3 Å². The summed E-state index contributed by atoms with van der Waals surface area (Å²) in [5.41, 5.74) is 1.14. The lowest BCUT2D eigenvalue weighted by atomic mass is 10.1. The SMILES string of the molecule is CCNC(=NCCc1csc(N2CCCC2)n1)NC1CCCn2nc(C)nc21. The van der Waals surface area contributed by atoms with Gasteiger partial charge in [0.2, 0.25) is 0 Å². The van der Waals surface area contributed by atoms with Gasteiger partial charge in [-0.25, -0.2) is 14.6 Å². The first-order chi connectivity index (χ1) is 13.7. The maximum Gasteiger partial charge on any atom is 0.191 e. The molecule has 0 bridgehead atoms. The fourth-order valence-electron chi connectivity index (χ4n) is 3.84. The molecule has 1 unspecified atom stereocenters. The molecule has 1 saturated heterocycles. The molecule has 9 heteroatoms. The fraction of sp³-hybridized carbons (Fsp3) is 0.684. The third-order valence-electron chi connectivity index (χ3n) is 5.19. The standard InChI is InChI=1S/C19H30N8S/c1-3-20-18(24-16-7-6-12-27-17(16)22-14(2)25-27)21-9-8-15-13-28-19(23-15)26-10-4-5-11-26/h13,16H,3-12H2,1-2H3,(H2,20,21,24). The predicted octanol–water partition coefficient (Wildman–Crippen LogP) is 2.28. The van der Waals surface area contributed by atoms with Gasteiger partial charge >= 0.3 is 0 Å². The molecule has 1 atom stereocenters. The molecule has 2 aromatic heterocycles. The molecule has 1 fully saturated rings. The lowest BCUT2D eigenvalue weighted by Crippen LogP contribution is -2.41. The molecule has 0 radical (unpaired) electrons. The number of guanidine groups is 1. The van der Waals surface area contributed by atoms with Crippen LogP contribution in [0.1, 0.15) is 56.0 Å². The van der Waals surface area contributed by atoms with Crippen molar-refractivity contribution in [2.45, 2.75) is 58.5 Å². The minimum Gasteiger partial charge on any atom is -0.357 e. The summed E-state index contributed by atoms with van der Waals surface area (Å²) in [5.74, 6) is 2.70. The molecule has 2 N–H and O–H groups in total. The molecule has 4 rings (SSSR count). The highest BCUT2D eigenvalue weighted by Gasteiger charge is 2.24. The summed E-state index contributed by atoms with van der Waals surface area (Å²) in [6.07, 6.45) is 5.58. The Labute approximate surface area is 170 Å². The molecule has 2 aliphatic heterocycles. The third-order valence-corrected chi connectivity index (χ3v) is 6.14. The van der Waals surface area contributed by atoms with Gasteiger partial charge in [-0.1, -0.05) is 0 Å². The molecule has 8 nitrogen and oxygen atoms in total. The van der Waals surface area contributed by atoms with Gasteiger partial charge in [-0.05, 0) is 39.5 Å². The molecule has 0 spiro atoms. The maximum atomic E-state index is 4.80. The average molecular weight is 403 g/mol. The number of fused-ring (bicyclic) bond motifs is 1. The number of nitrogens with zero attached hydrogens (tertiary/aromatic N) is 6. The van der Waals surface area contributed by atoms with Crippen molar-refractivity contribution in [1.82, 2.24) is 30.4 Å². The van der Waals surface area contributed by atoms with Gasteiger partial charge in [0, 0.05) is 44.5 Å². The van der Waals surface area contributed by atoms with Gasteiger partial charge in [-0.15, -0.1) is 11.3 Å². The number of hydrogen-bond donors (Lipinski definition) is 2. The van der Waals surface area contributed by atoms with Crippen LogP contribution in [0.2, 0.25) is 0 Å². The largest absolute Gasteiger partial charge is 0.357 e. The molecule has 2 aliphatic rings. The smallest absolute Gasteiger partial charge is 0.191 e.